The molecule has 0 spiro atoms. The fourth-order valence-corrected chi connectivity index (χ4v) is 1.62. The van der Waals surface area contributed by atoms with Gasteiger partial charge in [-0.15, -0.1) is 0 Å². The Kier molecular flexibility index (Phi) is 5.44. The first-order valence-electron chi connectivity index (χ1n) is 6.19. The molecule has 0 saturated heterocycles. The minimum Gasteiger partial charge on any atom is -0.330 e. The molecule has 3 N–H and O–H groups in total. The summed E-state index contributed by atoms with van der Waals surface area (Å²) in [5, 5.41) is 13.5. The zero-order chi connectivity index (χ0) is 14.4. The predicted octanol–water partition coefficient (Wildman–Crippen LogP) is 2.22. The van der Waals surface area contributed by atoms with Crippen molar-refractivity contribution < 1.29 is 9.72 Å². The van der Waals surface area contributed by atoms with Crippen LogP contribution in [0.4, 0.5) is 11.4 Å². The lowest BCUT2D eigenvalue weighted by molar-refractivity contribution is -0.383. The summed E-state index contributed by atoms with van der Waals surface area (Å²) >= 11 is 0. The molecule has 0 saturated carbocycles. The molecule has 1 rings (SSSR count). The minimum absolute atomic E-state index is 0.0918. The molecule has 0 aliphatic heterocycles. The van der Waals surface area contributed by atoms with Crippen molar-refractivity contribution in [1.82, 2.24) is 0 Å². The van der Waals surface area contributed by atoms with Gasteiger partial charge in [0.05, 0.1) is 4.92 Å². The molecule has 0 aliphatic rings. The van der Waals surface area contributed by atoms with Crippen LogP contribution in [0.3, 0.4) is 0 Å². The van der Waals surface area contributed by atoms with Gasteiger partial charge in [0.15, 0.2) is 0 Å². The molecular formula is C13H19N3O3. The zero-order valence-electron chi connectivity index (χ0n) is 11.2. The Balaban J connectivity index is 2.73. The molecule has 0 bridgehead atoms. The molecule has 104 valence electrons. The van der Waals surface area contributed by atoms with Gasteiger partial charge in [0.2, 0.25) is 5.91 Å². The number of nitro benzene ring substituents is 1. The second-order valence-corrected chi connectivity index (χ2v) is 4.71. The SMILES string of the molecule is Cc1ccc([N+](=O)[O-])c(NC(=O)CCC(C)CN)c1. The maximum Gasteiger partial charge on any atom is 0.292 e. The number of rotatable bonds is 6. The summed E-state index contributed by atoms with van der Waals surface area (Å²) in [6.07, 6.45) is 0.978. The monoisotopic (exact) mass is 265 g/mol. The van der Waals surface area contributed by atoms with Crippen LogP contribution in [0.2, 0.25) is 0 Å². The Labute approximate surface area is 112 Å². The van der Waals surface area contributed by atoms with E-state index >= 15 is 0 Å². The van der Waals surface area contributed by atoms with Crippen molar-refractivity contribution in [2.75, 3.05) is 11.9 Å². The standard InChI is InChI=1S/C13H19N3O3/c1-9-3-5-12(16(18)19)11(7-9)15-13(17)6-4-10(2)8-14/h3,5,7,10H,4,6,8,14H2,1-2H3,(H,15,17). The lowest BCUT2D eigenvalue weighted by atomic mass is 10.1. The summed E-state index contributed by atoms with van der Waals surface area (Å²) < 4.78 is 0. The van der Waals surface area contributed by atoms with Crippen molar-refractivity contribution >= 4 is 17.3 Å². The van der Waals surface area contributed by atoms with E-state index in [9.17, 15) is 14.9 Å². The van der Waals surface area contributed by atoms with Crippen molar-refractivity contribution in [2.45, 2.75) is 26.7 Å². The number of nitrogens with two attached hydrogens (primary N) is 1. The van der Waals surface area contributed by atoms with Gasteiger partial charge >= 0.3 is 0 Å². The van der Waals surface area contributed by atoms with Gasteiger partial charge in [0.25, 0.3) is 5.69 Å². The van der Waals surface area contributed by atoms with Crippen molar-refractivity contribution in [3.05, 3.63) is 33.9 Å². The van der Waals surface area contributed by atoms with E-state index in [1.54, 1.807) is 12.1 Å². The van der Waals surface area contributed by atoms with E-state index in [0.717, 1.165) is 5.56 Å². The van der Waals surface area contributed by atoms with Crippen LogP contribution in [0.15, 0.2) is 18.2 Å². The molecule has 1 unspecified atom stereocenters. The third kappa shape index (κ3) is 4.67. The van der Waals surface area contributed by atoms with Gasteiger partial charge in [-0.05, 0) is 37.4 Å². The third-order valence-electron chi connectivity index (χ3n) is 2.89. The second-order valence-electron chi connectivity index (χ2n) is 4.71. The van der Waals surface area contributed by atoms with Crippen LogP contribution in [0.25, 0.3) is 0 Å². The largest absolute Gasteiger partial charge is 0.330 e. The fourth-order valence-electron chi connectivity index (χ4n) is 1.62. The summed E-state index contributed by atoms with van der Waals surface area (Å²) in [7, 11) is 0. The Morgan fingerprint density at radius 3 is 2.79 bits per heavy atom. The van der Waals surface area contributed by atoms with E-state index < -0.39 is 4.92 Å². The molecule has 1 atom stereocenters. The molecule has 0 aliphatic carbocycles. The maximum atomic E-state index is 11.7. The maximum absolute atomic E-state index is 11.7. The Bertz CT molecular complexity index is 474. The number of nitrogens with zero attached hydrogens (tertiary/aromatic N) is 1. The summed E-state index contributed by atoms with van der Waals surface area (Å²) in [6, 6.07) is 4.64. The summed E-state index contributed by atoms with van der Waals surface area (Å²) in [5.74, 6) is 0.0345. The van der Waals surface area contributed by atoms with Crippen LogP contribution in [-0.4, -0.2) is 17.4 Å². The van der Waals surface area contributed by atoms with E-state index in [1.165, 1.54) is 6.07 Å². The summed E-state index contributed by atoms with van der Waals surface area (Å²) in [6.45, 7) is 4.30. The van der Waals surface area contributed by atoms with E-state index in [1.807, 2.05) is 13.8 Å². The lowest BCUT2D eigenvalue weighted by Gasteiger charge is -2.09. The van der Waals surface area contributed by atoms with Gasteiger partial charge in [0.1, 0.15) is 5.69 Å². The van der Waals surface area contributed by atoms with Gasteiger partial charge in [-0.3, -0.25) is 14.9 Å². The van der Waals surface area contributed by atoms with Gasteiger partial charge in [-0.2, -0.15) is 0 Å². The number of carbonyl (C=O) groups is 1. The van der Waals surface area contributed by atoms with Crippen LogP contribution >= 0.6 is 0 Å². The van der Waals surface area contributed by atoms with Gasteiger partial charge < -0.3 is 11.1 Å². The lowest BCUT2D eigenvalue weighted by Crippen LogP contribution is -2.17. The first-order chi connectivity index (χ1) is 8.93. The number of carbonyl (C=O) groups excluding carboxylic acids is 1. The van der Waals surface area contributed by atoms with Crippen molar-refractivity contribution in [3.8, 4) is 0 Å². The van der Waals surface area contributed by atoms with Crippen LogP contribution in [0.5, 0.6) is 0 Å². The molecule has 0 fully saturated rings. The summed E-state index contributed by atoms with van der Waals surface area (Å²) in [4.78, 5) is 22.1. The van der Waals surface area contributed by atoms with Crippen LogP contribution < -0.4 is 11.1 Å². The van der Waals surface area contributed by atoms with Gasteiger partial charge in [-0.25, -0.2) is 0 Å². The highest BCUT2D eigenvalue weighted by molar-refractivity contribution is 5.93. The average Bonchev–Trinajstić information content (AvgIpc) is 2.35. The number of benzene rings is 1. The average molecular weight is 265 g/mol. The number of hydrogen-bond donors (Lipinski definition) is 2. The van der Waals surface area contributed by atoms with Crippen LogP contribution in [-0.2, 0) is 4.79 Å². The molecule has 0 radical (unpaired) electrons. The molecule has 6 heteroatoms. The quantitative estimate of drug-likeness (QED) is 0.608. The third-order valence-corrected chi connectivity index (χ3v) is 2.89. The van der Waals surface area contributed by atoms with E-state index in [-0.39, 0.29) is 23.2 Å². The van der Waals surface area contributed by atoms with Crippen LogP contribution in [0, 0.1) is 23.0 Å². The molecule has 19 heavy (non-hydrogen) atoms. The highest BCUT2D eigenvalue weighted by Gasteiger charge is 2.16. The molecule has 1 aromatic carbocycles. The molecular weight excluding hydrogens is 246 g/mol. The smallest absolute Gasteiger partial charge is 0.292 e. The number of anilines is 1. The molecule has 0 heterocycles. The van der Waals surface area contributed by atoms with Crippen molar-refractivity contribution in [3.63, 3.8) is 0 Å². The van der Waals surface area contributed by atoms with Crippen LogP contribution in [0.1, 0.15) is 25.3 Å². The van der Waals surface area contributed by atoms with E-state index in [4.69, 9.17) is 5.73 Å². The van der Waals surface area contributed by atoms with Gasteiger partial charge in [-0.1, -0.05) is 13.0 Å². The molecule has 6 nitrogen and oxygen atoms in total. The van der Waals surface area contributed by atoms with E-state index in [2.05, 4.69) is 5.32 Å². The molecule has 1 aromatic rings. The highest BCUT2D eigenvalue weighted by Crippen LogP contribution is 2.25. The number of hydrogen-bond acceptors (Lipinski definition) is 4. The fraction of sp³-hybridized carbons (Fsp3) is 0.462. The second kappa shape index (κ2) is 6.84. The first-order valence-corrected chi connectivity index (χ1v) is 6.19. The number of nitro groups is 1. The predicted molar refractivity (Wildman–Crippen MR) is 73.9 cm³/mol. The summed E-state index contributed by atoms with van der Waals surface area (Å²) in [5.41, 5.74) is 6.49. The number of amides is 1. The van der Waals surface area contributed by atoms with E-state index in [0.29, 0.717) is 19.4 Å². The van der Waals surface area contributed by atoms with Crippen molar-refractivity contribution in [1.29, 1.82) is 0 Å². The Morgan fingerprint density at radius 2 is 2.21 bits per heavy atom. The normalized spacial score (nSPS) is 11.9. The van der Waals surface area contributed by atoms with Gasteiger partial charge in [0, 0.05) is 12.5 Å². The molecule has 0 aromatic heterocycles. The Hall–Kier alpha value is -1.95. The number of aryl methyl sites for hydroxylation is 1. The minimum atomic E-state index is -0.502. The highest BCUT2D eigenvalue weighted by atomic mass is 16.6. The molecule has 1 amide bonds. The first kappa shape index (κ1) is 15.1. The number of nitrogens with one attached hydrogen (secondary N) is 1. The zero-order valence-corrected chi connectivity index (χ0v) is 11.2. The Morgan fingerprint density at radius 1 is 1.53 bits per heavy atom. The topological polar surface area (TPSA) is 98.3 Å². The van der Waals surface area contributed by atoms with Crippen molar-refractivity contribution in [2.24, 2.45) is 11.7 Å².